The van der Waals surface area contributed by atoms with Gasteiger partial charge in [-0.1, -0.05) is 23.7 Å². The molecule has 0 atom stereocenters. The number of ether oxygens (including phenoxy) is 1. The molecule has 1 N–H and O–H groups in total. The van der Waals surface area contributed by atoms with Crippen molar-refractivity contribution in [3.05, 3.63) is 63.4 Å². The molecule has 0 aromatic heterocycles. The highest BCUT2D eigenvalue weighted by molar-refractivity contribution is 6.34. The third-order valence-corrected chi connectivity index (χ3v) is 3.74. The number of aryl methyl sites for hydroxylation is 3. The lowest BCUT2D eigenvalue weighted by Gasteiger charge is -2.12. The molecule has 24 heavy (non-hydrogen) atoms. The fraction of sp³-hybridized carbons (Fsp3) is 0.222. The van der Waals surface area contributed by atoms with Gasteiger partial charge in [-0.25, -0.2) is 9.18 Å². The van der Waals surface area contributed by atoms with Gasteiger partial charge >= 0.3 is 5.97 Å². The average molecular weight is 350 g/mol. The minimum Gasteiger partial charge on any atom is -0.452 e. The third kappa shape index (κ3) is 4.32. The quantitative estimate of drug-likeness (QED) is 0.842. The highest BCUT2D eigenvalue weighted by Gasteiger charge is 2.14. The van der Waals surface area contributed by atoms with Crippen molar-refractivity contribution in [3.63, 3.8) is 0 Å². The Hall–Kier alpha value is -2.40. The summed E-state index contributed by atoms with van der Waals surface area (Å²) in [4.78, 5) is 23.8. The number of carbonyl (C=O) groups excluding carboxylic acids is 2. The number of nitrogens with one attached hydrogen (secondary N) is 1. The molecule has 0 aliphatic heterocycles. The van der Waals surface area contributed by atoms with Crippen molar-refractivity contribution in [3.8, 4) is 0 Å². The first kappa shape index (κ1) is 17.9. The molecule has 0 saturated heterocycles. The van der Waals surface area contributed by atoms with E-state index in [-0.39, 0.29) is 5.56 Å². The van der Waals surface area contributed by atoms with Crippen LogP contribution >= 0.6 is 11.6 Å². The van der Waals surface area contributed by atoms with Crippen LogP contribution in [0.1, 0.15) is 27.0 Å². The molecule has 2 rings (SSSR count). The monoisotopic (exact) mass is 349 g/mol. The second-order valence-corrected chi connectivity index (χ2v) is 5.93. The van der Waals surface area contributed by atoms with Crippen molar-refractivity contribution < 1.29 is 18.7 Å². The van der Waals surface area contributed by atoms with Crippen LogP contribution in [0, 0.1) is 26.6 Å². The minimum atomic E-state index is -0.768. The normalized spacial score (nSPS) is 10.4. The third-order valence-electron chi connectivity index (χ3n) is 3.44. The topological polar surface area (TPSA) is 55.4 Å². The van der Waals surface area contributed by atoms with E-state index in [2.05, 4.69) is 5.32 Å². The molecule has 2 aromatic carbocycles. The smallest absolute Gasteiger partial charge is 0.338 e. The zero-order valence-corrected chi connectivity index (χ0v) is 14.3. The van der Waals surface area contributed by atoms with Crippen molar-refractivity contribution in [2.24, 2.45) is 0 Å². The molecular weight excluding hydrogens is 333 g/mol. The van der Waals surface area contributed by atoms with Crippen LogP contribution in [0.15, 0.2) is 30.3 Å². The highest BCUT2D eigenvalue weighted by atomic mass is 35.5. The summed E-state index contributed by atoms with van der Waals surface area (Å²) in [7, 11) is 0. The Morgan fingerprint density at radius 2 is 1.83 bits per heavy atom. The molecule has 0 heterocycles. The van der Waals surface area contributed by atoms with Gasteiger partial charge in [0.05, 0.1) is 16.3 Å². The van der Waals surface area contributed by atoms with Crippen LogP contribution < -0.4 is 5.32 Å². The lowest BCUT2D eigenvalue weighted by atomic mass is 10.1. The second kappa shape index (κ2) is 7.45. The first-order valence-electron chi connectivity index (χ1n) is 7.28. The second-order valence-electron chi connectivity index (χ2n) is 5.53. The number of hydrogen-bond acceptors (Lipinski definition) is 3. The molecule has 6 heteroatoms. The molecule has 126 valence electrons. The van der Waals surface area contributed by atoms with E-state index in [0.717, 1.165) is 17.2 Å². The molecule has 0 radical (unpaired) electrons. The van der Waals surface area contributed by atoms with E-state index in [1.807, 2.05) is 19.9 Å². The largest absolute Gasteiger partial charge is 0.452 e. The summed E-state index contributed by atoms with van der Waals surface area (Å²) in [6.45, 7) is 4.81. The van der Waals surface area contributed by atoms with Gasteiger partial charge in [0, 0.05) is 0 Å². The van der Waals surface area contributed by atoms with Crippen LogP contribution in [0.4, 0.5) is 10.1 Å². The zero-order chi connectivity index (χ0) is 17.9. The van der Waals surface area contributed by atoms with Gasteiger partial charge in [-0.3, -0.25) is 4.79 Å². The average Bonchev–Trinajstić information content (AvgIpc) is 2.51. The molecular formula is C18H17ClFNO3. The lowest BCUT2D eigenvalue weighted by Crippen LogP contribution is -2.21. The van der Waals surface area contributed by atoms with Crippen LogP contribution in [-0.4, -0.2) is 18.5 Å². The van der Waals surface area contributed by atoms with E-state index >= 15 is 0 Å². The van der Waals surface area contributed by atoms with Gasteiger partial charge in [0.25, 0.3) is 5.91 Å². The van der Waals surface area contributed by atoms with Crippen LogP contribution in [0.2, 0.25) is 5.02 Å². The van der Waals surface area contributed by atoms with Gasteiger partial charge in [0.2, 0.25) is 0 Å². The summed E-state index contributed by atoms with van der Waals surface area (Å²) < 4.78 is 18.3. The van der Waals surface area contributed by atoms with E-state index in [1.54, 1.807) is 13.0 Å². The van der Waals surface area contributed by atoms with Crippen molar-refractivity contribution in [2.45, 2.75) is 20.8 Å². The van der Waals surface area contributed by atoms with Gasteiger partial charge in [0.1, 0.15) is 5.82 Å². The molecule has 0 fully saturated rings. The fourth-order valence-electron chi connectivity index (χ4n) is 2.18. The molecule has 1 amide bonds. The summed E-state index contributed by atoms with van der Waals surface area (Å²) in [5.74, 6) is -1.79. The summed E-state index contributed by atoms with van der Waals surface area (Å²) in [5.41, 5.74) is 2.73. The Bertz CT molecular complexity index is 782. The predicted octanol–water partition coefficient (Wildman–Crippen LogP) is 4.20. The van der Waals surface area contributed by atoms with Crippen molar-refractivity contribution in [1.82, 2.24) is 0 Å². The molecule has 0 aliphatic rings. The summed E-state index contributed by atoms with van der Waals surface area (Å²) in [6, 6.07) is 7.60. The van der Waals surface area contributed by atoms with Crippen LogP contribution in [0.5, 0.6) is 0 Å². The summed E-state index contributed by atoms with van der Waals surface area (Å²) in [6.07, 6.45) is 0. The Morgan fingerprint density at radius 3 is 2.46 bits per heavy atom. The van der Waals surface area contributed by atoms with Gasteiger partial charge < -0.3 is 10.1 Å². The Morgan fingerprint density at radius 1 is 1.12 bits per heavy atom. The first-order chi connectivity index (χ1) is 11.3. The molecule has 0 saturated carbocycles. The van der Waals surface area contributed by atoms with E-state index in [9.17, 15) is 14.0 Å². The Labute approximate surface area is 144 Å². The number of esters is 1. The maximum Gasteiger partial charge on any atom is 0.338 e. The molecule has 2 aromatic rings. The van der Waals surface area contributed by atoms with E-state index < -0.39 is 24.3 Å². The first-order valence-corrected chi connectivity index (χ1v) is 7.65. The minimum absolute atomic E-state index is 0.0513. The van der Waals surface area contributed by atoms with Crippen LogP contribution in [-0.2, 0) is 9.53 Å². The maximum absolute atomic E-state index is 13.4. The number of carbonyl (C=O) groups is 2. The zero-order valence-electron chi connectivity index (χ0n) is 13.6. The number of benzene rings is 2. The molecule has 0 unspecified atom stereocenters. The Kier molecular flexibility index (Phi) is 5.57. The predicted molar refractivity (Wildman–Crippen MR) is 91.0 cm³/mol. The van der Waals surface area contributed by atoms with E-state index in [4.69, 9.17) is 16.3 Å². The molecule has 0 aliphatic carbocycles. The van der Waals surface area contributed by atoms with Crippen LogP contribution in [0.25, 0.3) is 0 Å². The fourth-order valence-corrected chi connectivity index (χ4v) is 2.55. The SMILES string of the molecule is Cc1cc(C)c(NC(=O)COC(=O)c2ccc(C)c(F)c2)c(Cl)c1. The van der Waals surface area contributed by atoms with Gasteiger partial charge in [-0.15, -0.1) is 0 Å². The highest BCUT2D eigenvalue weighted by Crippen LogP contribution is 2.27. The lowest BCUT2D eigenvalue weighted by molar-refractivity contribution is -0.119. The van der Waals surface area contributed by atoms with Gasteiger partial charge in [-0.05, 0) is 55.7 Å². The van der Waals surface area contributed by atoms with E-state index in [1.165, 1.54) is 12.1 Å². The van der Waals surface area contributed by atoms with Crippen LogP contribution in [0.3, 0.4) is 0 Å². The van der Waals surface area contributed by atoms with Gasteiger partial charge in [0.15, 0.2) is 6.61 Å². The van der Waals surface area contributed by atoms with Crippen molar-refractivity contribution in [1.29, 1.82) is 0 Å². The summed E-state index contributed by atoms with van der Waals surface area (Å²) in [5, 5.41) is 3.02. The molecule has 0 bridgehead atoms. The Balaban J connectivity index is 1.98. The van der Waals surface area contributed by atoms with E-state index in [0.29, 0.717) is 16.3 Å². The van der Waals surface area contributed by atoms with Crippen molar-refractivity contribution >= 4 is 29.2 Å². The van der Waals surface area contributed by atoms with Gasteiger partial charge in [-0.2, -0.15) is 0 Å². The number of anilines is 1. The standard InChI is InChI=1S/C18H17ClFNO3/c1-10-6-12(3)17(14(19)7-10)21-16(22)9-24-18(23)13-5-4-11(2)15(20)8-13/h4-8H,9H2,1-3H3,(H,21,22). The van der Waals surface area contributed by atoms with Crippen molar-refractivity contribution in [2.75, 3.05) is 11.9 Å². The maximum atomic E-state index is 13.4. The summed E-state index contributed by atoms with van der Waals surface area (Å²) >= 11 is 6.11. The number of rotatable bonds is 4. The number of halogens is 2. The number of amides is 1. The number of hydrogen-bond donors (Lipinski definition) is 1. The molecule has 0 spiro atoms. The molecule has 4 nitrogen and oxygen atoms in total.